The molecule has 0 bridgehead atoms. The third-order valence-electron chi connectivity index (χ3n) is 7.28. The van der Waals surface area contributed by atoms with Crippen LogP contribution in [0.5, 0.6) is 0 Å². The fourth-order valence-corrected chi connectivity index (χ4v) is 5.63. The fourth-order valence-electron chi connectivity index (χ4n) is 5.31. The number of anilines is 2. The van der Waals surface area contributed by atoms with Crippen LogP contribution in [0.1, 0.15) is 57.4 Å². The number of aromatic nitrogens is 2. The lowest BCUT2D eigenvalue weighted by Crippen LogP contribution is -2.42. The van der Waals surface area contributed by atoms with Crippen molar-refractivity contribution in [3.63, 3.8) is 0 Å². The largest absolute Gasteiger partial charge is 0.379 e. The van der Waals surface area contributed by atoms with Gasteiger partial charge in [-0.25, -0.2) is 9.07 Å². The molecule has 1 aromatic carbocycles. The third-order valence-corrected chi connectivity index (χ3v) is 7.90. The SMILES string of the molecule is O=c1c(Cl)c(NC[C@@]2(F)CCCOC2)cnn1C1CCC(N(c2ccc(Cl)cc2)C2CC2)CC1. The molecule has 2 aliphatic carbocycles. The highest BCUT2D eigenvalue weighted by molar-refractivity contribution is 6.33. The molecule has 6 nitrogen and oxygen atoms in total. The van der Waals surface area contributed by atoms with Crippen molar-refractivity contribution in [2.75, 3.05) is 30.0 Å². The van der Waals surface area contributed by atoms with Gasteiger partial charge < -0.3 is 15.0 Å². The molecule has 0 unspecified atom stereocenters. The molecule has 0 amide bonds. The van der Waals surface area contributed by atoms with E-state index in [9.17, 15) is 9.18 Å². The molecule has 1 aromatic heterocycles. The first-order chi connectivity index (χ1) is 16.4. The number of benzene rings is 1. The van der Waals surface area contributed by atoms with Crippen molar-refractivity contribution in [1.82, 2.24) is 9.78 Å². The Morgan fingerprint density at radius 3 is 2.41 bits per heavy atom. The molecule has 2 aromatic rings. The van der Waals surface area contributed by atoms with Crippen LogP contribution < -0.4 is 15.8 Å². The number of nitrogens with one attached hydrogen (secondary N) is 1. The lowest BCUT2D eigenvalue weighted by atomic mass is 9.89. The summed E-state index contributed by atoms with van der Waals surface area (Å²) in [6, 6.07) is 9.15. The van der Waals surface area contributed by atoms with Crippen LogP contribution in [0.15, 0.2) is 35.3 Å². The van der Waals surface area contributed by atoms with Crippen LogP contribution >= 0.6 is 23.2 Å². The smallest absolute Gasteiger partial charge is 0.287 e. The number of halogens is 3. The van der Waals surface area contributed by atoms with Gasteiger partial charge in [0.2, 0.25) is 0 Å². The predicted molar refractivity (Wildman–Crippen MR) is 134 cm³/mol. The molecule has 2 saturated carbocycles. The lowest BCUT2D eigenvalue weighted by molar-refractivity contribution is -0.0234. The van der Waals surface area contributed by atoms with Crippen molar-refractivity contribution >= 4 is 34.6 Å². The van der Waals surface area contributed by atoms with E-state index in [1.807, 2.05) is 12.1 Å². The van der Waals surface area contributed by atoms with Gasteiger partial charge in [0, 0.05) is 29.4 Å². The molecule has 1 N–H and O–H groups in total. The van der Waals surface area contributed by atoms with Gasteiger partial charge >= 0.3 is 0 Å². The summed E-state index contributed by atoms with van der Waals surface area (Å²) in [5.41, 5.74) is -0.175. The second kappa shape index (κ2) is 10.0. The van der Waals surface area contributed by atoms with Crippen LogP contribution in [0.25, 0.3) is 0 Å². The van der Waals surface area contributed by atoms with Crippen molar-refractivity contribution in [2.45, 2.75) is 75.2 Å². The van der Waals surface area contributed by atoms with Gasteiger partial charge in [-0.1, -0.05) is 23.2 Å². The van der Waals surface area contributed by atoms with E-state index in [4.69, 9.17) is 27.9 Å². The average molecular weight is 509 g/mol. The quantitative estimate of drug-likeness (QED) is 0.524. The van der Waals surface area contributed by atoms with Gasteiger partial charge in [0.25, 0.3) is 5.56 Å². The normalized spacial score (nSPS) is 27.4. The van der Waals surface area contributed by atoms with E-state index in [0.29, 0.717) is 37.2 Å². The summed E-state index contributed by atoms with van der Waals surface area (Å²) >= 11 is 12.5. The number of nitrogens with zero attached hydrogens (tertiary/aromatic N) is 3. The molecule has 2 heterocycles. The van der Waals surface area contributed by atoms with Crippen LogP contribution in [0, 0.1) is 0 Å². The molecule has 0 spiro atoms. The van der Waals surface area contributed by atoms with E-state index in [2.05, 4.69) is 27.4 Å². The summed E-state index contributed by atoms with van der Waals surface area (Å²) in [6.45, 7) is 0.689. The molecule has 1 atom stereocenters. The maximum absolute atomic E-state index is 14.8. The zero-order valence-corrected chi connectivity index (χ0v) is 20.7. The molecule has 3 fully saturated rings. The van der Waals surface area contributed by atoms with Gasteiger partial charge in [-0.15, -0.1) is 0 Å². The predicted octanol–water partition coefficient (Wildman–Crippen LogP) is 5.63. The van der Waals surface area contributed by atoms with Crippen molar-refractivity contribution in [1.29, 1.82) is 0 Å². The van der Waals surface area contributed by atoms with Gasteiger partial charge in [-0.3, -0.25) is 4.79 Å². The molecule has 1 saturated heterocycles. The number of ether oxygens (including phenoxy) is 1. The molecule has 0 radical (unpaired) electrons. The summed E-state index contributed by atoms with van der Waals surface area (Å²) in [5.74, 6) is 0. The Balaban J connectivity index is 1.23. The van der Waals surface area contributed by atoms with E-state index < -0.39 is 5.67 Å². The molecule has 3 aliphatic rings. The van der Waals surface area contributed by atoms with Crippen molar-refractivity contribution in [3.8, 4) is 0 Å². The standard InChI is InChI=1S/C25H31Cl2FN4O2/c26-17-2-4-18(5-3-17)31(19-6-7-19)20-8-10-21(11-9-20)32-24(33)23(27)22(14-30-32)29-15-25(28)12-1-13-34-16-25/h2-5,14,19-21,29H,1,6-13,15-16H2/t20?,21?,25-/m0/s1. The molecule has 184 valence electrons. The van der Waals surface area contributed by atoms with Gasteiger partial charge in [0.05, 0.1) is 31.1 Å². The Hall–Kier alpha value is -1.83. The first-order valence-corrected chi connectivity index (χ1v) is 13.0. The highest BCUT2D eigenvalue weighted by Crippen LogP contribution is 2.40. The Morgan fingerprint density at radius 2 is 1.79 bits per heavy atom. The van der Waals surface area contributed by atoms with Crippen molar-refractivity contribution < 1.29 is 9.13 Å². The van der Waals surface area contributed by atoms with Crippen LogP contribution in [0.4, 0.5) is 15.8 Å². The zero-order valence-electron chi connectivity index (χ0n) is 19.2. The Bertz CT molecular complexity index is 1050. The van der Waals surface area contributed by atoms with Crippen LogP contribution in [-0.2, 0) is 4.74 Å². The second-order valence-corrected chi connectivity index (χ2v) is 10.7. The topological polar surface area (TPSA) is 59.4 Å². The maximum atomic E-state index is 14.8. The third kappa shape index (κ3) is 5.21. The van der Waals surface area contributed by atoms with Crippen molar-refractivity contribution in [2.24, 2.45) is 0 Å². The molecule has 1 aliphatic heterocycles. The first-order valence-electron chi connectivity index (χ1n) is 12.3. The Morgan fingerprint density at radius 1 is 1.12 bits per heavy atom. The van der Waals surface area contributed by atoms with Crippen LogP contribution in [-0.4, -0.2) is 47.3 Å². The minimum absolute atomic E-state index is 0.0147. The fraction of sp³-hybridized carbons (Fsp3) is 0.600. The lowest BCUT2D eigenvalue weighted by Gasteiger charge is -2.39. The van der Waals surface area contributed by atoms with Gasteiger partial charge in [0.1, 0.15) is 5.02 Å². The van der Waals surface area contributed by atoms with Crippen molar-refractivity contribution in [3.05, 3.63) is 50.9 Å². The van der Waals surface area contributed by atoms with Gasteiger partial charge in [-0.2, -0.15) is 5.10 Å². The minimum atomic E-state index is -1.45. The summed E-state index contributed by atoms with van der Waals surface area (Å²) in [7, 11) is 0. The van der Waals surface area contributed by atoms with E-state index >= 15 is 0 Å². The monoisotopic (exact) mass is 508 g/mol. The Kier molecular flexibility index (Phi) is 7.05. The number of hydrogen-bond donors (Lipinski definition) is 1. The number of hydrogen-bond acceptors (Lipinski definition) is 5. The Labute approximate surface area is 209 Å². The molecular weight excluding hydrogens is 478 g/mol. The minimum Gasteiger partial charge on any atom is -0.379 e. The van der Waals surface area contributed by atoms with Crippen LogP contribution in [0.2, 0.25) is 10.0 Å². The maximum Gasteiger partial charge on any atom is 0.287 e. The average Bonchev–Trinajstić information content (AvgIpc) is 3.68. The van der Waals surface area contributed by atoms with Gasteiger partial charge in [0.15, 0.2) is 5.67 Å². The van der Waals surface area contributed by atoms with E-state index in [-0.39, 0.29) is 29.8 Å². The summed E-state index contributed by atoms with van der Waals surface area (Å²) in [6.07, 6.45) is 8.81. The van der Waals surface area contributed by atoms with E-state index in [0.717, 1.165) is 30.7 Å². The molecule has 5 rings (SSSR count). The molecule has 34 heavy (non-hydrogen) atoms. The summed E-state index contributed by atoms with van der Waals surface area (Å²) < 4.78 is 21.6. The van der Waals surface area contributed by atoms with Gasteiger partial charge in [-0.05, 0) is 75.6 Å². The van der Waals surface area contributed by atoms with E-state index in [1.165, 1.54) is 23.2 Å². The number of alkyl halides is 1. The van der Waals surface area contributed by atoms with Crippen LogP contribution in [0.3, 0.4) is 0 Å². The molecular formula is C25H31Cl2FN4O2. The highest BCUT2D eigenvalue weighted by Gasteiger charge is 2.37. The van der Waals surface area contributed by atoms with E-state index in [1.54, 1.807) is 6.20 Å². The summed E-state index contributed by atoms with van der Waals surface area (Å²) in [5, 5.41) is 8.20. The summed E-state index contributed by atoms with van der Waals surface area (Å²) in [4.78, 5) is 15.5. The first kappa shape index (κ1) is 23.9. The number of rotatable bonds is 7. The second-order valence-electron chi connectivity index (χ2n) is 9.86. The molecule has 9 heteroatoms. The highest BCUT2D eigenvalue weighted by atomic mass is 35.5. The zero-order chi connectivity index (χ0) is 23.7.